The van der Waals surface area contributed by atoms with E-state index in [4.69, 9.17) is 5.73 Å². The molecule has 1 amide bonds. The van der Waals surface area contributed by atoms with E-state index in [9.17, 15) is 4.79 Å². The number of likely N-dealkylation sites (N-methyl/N-ethyl adjacent to an activating group) is 2. The lowest BCUT2D eigenvalue weighted by Gasteiger charge is -2.34. The molecule has 0 aliphatic carbocycles. The molecule has 0 bridgehead atoms. The van der Waals surface area contributed by atoms with E-state index in [-0.39, 0.29) is 5.91 Å². The minimum Gasteiger partial charge on any atom is -0.368 e. The van der Waals surface area contributed by atoms with Gasteiger partial charge in [-0.3, -0.25) is 4.79 Å². The Labute approximate surface area is 123 Å². The van der Waals surface area contributed by atoms with Crippen LogP contribution in [0.5, 0.6) is 0 Å². The number of primary amides is 1. The maximum Gasteiger partial charge on any atom is 0.237 e. The second-order valence-electron chi connectivity index (χ2n) is 6.31. The largest absolute Gasteiger partial charge is 0.368 e. The molecule has 20 heavy (non-hydrogen) atoms. The molecular weight excluding hydrogens is 252 g/mol. The van der Waals surface area contributed by atoms with E-state index in [0.29, 0.717) is 6.04 Å². The maximum absolute atomic E-state index is 11.7. The molecule has 3 N–H and O–H groups in total. The van der Waals surface area contributed by atoms with Gasteiger partial charge in [0.15, 0.2) is 0 Å². The fraction of sp³-hybridized carbons (Fsp3) is 0.933. The van der Waals surface area contributed by atoms with E-state index in [1.54, 1.807) is 0 Å². The fourth-order valence-electron chi connectivity index (χ4n) is 2.92. The van der Waals surface area contributed by atoms with Crippen LogP contribution in [0.15, 0.2) is 0 Å². The van der Waals surface area contributed by atoms with Crippen molar-refractivity contribution in [1.29, 1.82) is 0 Å². The Morgan fingerprint density at radius 3 is 2.55 bits per heavy atom. The topological polar surface area (TPSA) is 61.6 Å². The number of nitrogens with one attached hydrogen (secondary N) is 1. The summed E-state index contributed by atoms with van der Waals surface area (Å²) < 4.78 is 0. The number of hydrogen-bond donors (Lipinski definition) is 2. The van der Waals surface area contributed by atoms with Crippen molar-refractivity contribution in [1.82, 2.24) is 15.1 Å². The zero-order valence-electron chi connectivity index (χ0n) is 13.6. The van der Waals surface area contributed by atoms with Crippen LogP contribution in [0.1, 0.15) is 40.0 Å². The second-order valence-corrected chi connectivity index (χ2v) is 6.31. The molecule has 118 valence electrons. The summed E-state index contributed by atoms with van der Waals surface area (Å²) in [6.45, 7) is 11.5. The maximum atomic E-state index is 11.7. The van der Waals surface area contributed by atoms with Gasteiger partial charge in [-0.05, 0) is 59.8 Å². The van der Waals surface area contributed by atoms with Crippen molar-refractivity contribution < 1.29 is 4.79 Å². The molecule has 0 aromatic carbocycles. The van der Waals surface area contributed by atoms with Gasteiger partial charge in [0, 0.05) is 19.1 Å². The Bertz CT molecular complexity index is 304. The Morgan fingerprint density at radius 2 is 2.05 bits per heavy atom. The van der Waals surface area contributed by atoms with Gasteiger partial charge in [-0.1, -0.05) is 6.92 Å². The quantitative estimate of drug-likeness (QED) is 0.652. The molecule has 2 atom stereocenters. The number of likely N-dealkylation sites (tertiary alicyclic amines) is 1. The number of carbonyl (C=O) groups excluding carboxylic acids is 1. The van der Waals surface area contributed by atoms with Gasteiger partial charge in [-0.15, -0.1) is 0 Å². The zero-order valence-corrected chi connectivity index (χ0v) is 13.6. The lowest BCUT2D eigenvalue weighted by atomic mass is 9.92. The van der Waals surface area contributed by atoms with E-state index < -0.39 is 5.54 Å². The first kappa shape index (κ1) is 17.4. The molecule has 1 rings (SSSR count). The Hall–Kier alpha value is -0.650. The average Bonchev–Trinajstić information content (AvgIpc) is 2.88. The third-order valence-corrected chi connectivity index (χ3v) is 4.53. The van der Waals surface area contributed by atoms with Crippen LogP contribution in [0.4, 0.5) is 0 Å². The molecule has 0 spiro atoms. The number of carbonyl (C=O) groups is 1. The van der Waals surface area contributed by atoms with Gasteiger partial charge >= 0.3 is 0 Å². The summed E-state index contributed by atoms with van der Waals surface area (Å²) in [7, 11) is 2.13. The molecule has 0 aromatic rings. The zero-order chi connectivity index (χ0) is 15.2. The minimum absolute atomic E-state index is 0.265. The van der Waals surface area contributed by atoms with Crippen LogP contribution in [0, 0.1) is 0 Å². The molecule has 5 heteroatoms. The van der Waals surface area contributed by atoms with Gasteiger partial charge in [-0.25, -0.2) is 0 Å². The summed E-state index contributed by atoms with van der Waals surface area (Å²) in [4.78, 5) is 16.5. The monoisotopic (exact) mass is 284 g/mol. The lowest BCUT2D eigenvalue weighted by Crippen LogP contribution is -2.56. The van der Waals surface area contributed by atoms with Crippen molar-refractivity contribution in [3.05, 3.63) is 0 Å². The smallest absolute Gasteiger partial charge is 0.237 e. The molecule has 1 aliphatic heterocycles. The predicted octanol–water partition coefficient (Wildman–Crippen LogP) is 0.646. The van der Waals surface area contributed by atoms with E-state index in [1.165, 1.54) is 25.9 Å². The first-order chi connectivity index (χ1) is 9.39. The number of hydrogen-bond acceptors (Lipinski definition) is 4. The van der Waals surface area contributed by atoms with Crippen molar-refractivity contribution >= 4 is 5.91 Å². The minimum atomic E-state index is -0.615. The molecule has 0 saturated carbocycles. The van der Waals surface area contributed by atoms with Crippen LogP contribution in [0.25, 0.3) is 0 Å². The number of nitrogens with two attached hydrogens (primary N) is 1. The van der Waals surface area contributed by atoms with E-state index >= 15 is 0 Å². The van der Waals surface area contributed by atoms with Crippen LogP contribution in [0.2, 0.25) is 0 Å². The van der Waals surface area contributed by atoms with E-state index in [1.807, 2.05) is 13.8 Å². The summed E-state index contributed by atoms with van der Waals surface area (Å²) in [5.74, 6) is -0.265. The standard InChI is InChI=1S/C15H32N4O/c1-5-17-15(3,14(16)20)12-13(2)18(4)10-11-19-8-6-7-9-19/h13,17H,5-12H2,1-4H3,(H2,16,20). The second kappa shape index (κ2) is 7.96. The Morgan fingerprint density at radius 1 is 1.45 bits per heavy atom. The molecule has 1 fully saturated rings. The van der Waals surface area contributed by atoms with Crippen LogP contribution in [0.3, 0.4) is 0 Å². The van der Waals surface area contributed by atoms with Crippen LogP contribution >= 0.6 is 0 Å². The Kier molecular flexibility index (Phi) is 6.92. The van der Waals surface area contributed by atoms with E-state index in [0.717, 1.165) is 26.1 Å². The van der Waals surface area contributed by atoms with Gasteiger partial charge in [-0.2, -0.15) is 0 Å². The number of nitrogens with zero attached hydrogens (tertiary/aromatic N) is 2. The normalized spacial score (nSPS) is 21.1. The highest BCUT2D eigenvalue weighted by Crippen LogP contribution is 2.16. The average molecular weight is 284 g/mol. The van der Waals surface area contributed by atoms with Gasteiger partial charge in [0.2, 0.25) is 5.91 Å². The van der Waals surface area contributed by atoms with Gasteiger partial charge in [0.05, 0.1) is 5.54 Å². The summed E-state index contributed by atoms with van der Waals surface area (Å²) in [5, 5.41) is 3.23. The SMILES string of the molecule is CCNC(C)(CC(C)N(C)CCN1CCCC1)C(N)=O. The predicted molar refractivity (Wildman–Crippen MR) is 83.7 cm³/mol. The Balaban J connectivity index is 2.41. The molecule has 0 radical (unpaired) electrons. The summed E-state index contributed by atoms with van der Waals surface area (Å²) in [6, 6.07) is 0.328. The molecule has 1 aliphatic rings. The van der Waals surface area contributed by atoms with Crippen LogP contribution < -0.4 is 11.1 Å². The van der Waals surface area contributed by atoms with Crippen LogP contribution in [-0.4, -0.2) is 67.1 Å². The summed E-state index contributed by atoms with van der Waals surface area (Å²) >= 11 is 0. The molecule has 1 heterocycles. The molecular formula is C15H32N4O. The van der Waals surface area contributed by atoms with Crippen molar-refractivity contribution in [2.24, 2.45) is 5.73 Å². The van der Waals surface area contributed by atoms with Gasteiger partial charge < -0.3 is 20.9 Å². The molecule has 0 aromatic heterocycles. The van der Waals surface area contributed by atoms with Gasteiger partial charge in [0.25, 0.3) is 0 Å². The van der Waals surface area contributed by atoms with Crippen molar-refractivity contribution in [3.8, 4) is 0 Å². The number of rotatable bonds is 9. The fourth-order valence-corrected chi connectivity index (χ4v) is 2.92. The van der Waals surface area contributed by atoms with Crippen molar-refractivity contribution in [2.45, 2.75) is 51.6 Å². The van der Waals surface area contributed by atoms with E-state index in [2.05, 4.69) is 29.1 Å². The summed E-state index contributed by atoms with van der Waals surface area (Å²) in [5.41, 5.74) is 4.94. The highest BCUT2D eigenvalue weighted by Gasteiger charge is 2.32. The molecule has 1 saturated heterocycles. The van der Waals surface area contributed by atoms with Crippen molar-refractivity contribution in [3.63, 3.8) is 0 Å². The van der Waals surface area contributed by atoms with Crippen molar-refractivity contribution in [2.75, 3.05) is 39.8 Å². The third-order valence-electron chi connectivity index (χ3n) is 4.53. The molecule has 5 nitrogen and oxygen atoms in total. The third kappa shape index (κ3) is 5.04. The number of amides is 1. The first-order valence-electron chi connectivity index (χ1n) is 7.86. The van der Waals surface area contributed by atoms with Crippen LogP contribution in [-0.2, 0) is 4.79 Å². The molecule has 2 unspecified atom stereocenters. The highest BCUT2D eigenvalue weighted by atomic mass is 16.1. The highest BCUT2D eigenvalue weighted by molar-refractivity contribution is 5.84. The van der Waals surface area contributed by atoms with Gasteiger partial charge in [0.1, 0.15) is 0 Å². The summed E-state index contributed by atoms with van der Waals surface area (Å²) in [6.07, 6.45) is 3.41. The first-order valence-corrected chi connectivity index (χ1v) is 7.86. The lowest BCUT2D eigenvalue weighted by molar-refractivity contribution is -0.124.